The van der Waals surface area contributed by atoms with Crippen molar-refractivity contribution in [3.05, 3.63) is 59.4 Å². The molecule has 2 rings (SSSR count). The third-order valence-electron chi connectivity index (χ3n) is 2.70. The summed E-state index contributed by atoms with van der Waals surface area (Å²) in [7, 11) is 1.53. The zero-order chi connectivity index (χ0) is 14.5. The minimum absolute atomic E-state index is 0.0322. The number of anilines is 1. The number of carbonyl (C=O) groups excluding carboxylic acids is 1. The average molecular weight is 270 g/mol. The number of rotatable bonds is 3. The summed E-state index contributed by atoms with van der Waals surface area (Å²) in [6.45, 7) is 0. The molecule has 0 aromatic heterocycles. The fourth-order valence-corrected chi connectivity index (χ4v) is 1.62. The smallest absolute Gasteiger partial charge is 0.255 e. The van der Waals surface area contributed by atoms with Crippen molar-refractivity contribution in [1.82, 2.24) is 0 Å². The van der Waals surface area contributed by atoms with Gasteiger partial charge in [0.25, 0.3) is 5.91 Å². The van der Waals surface area contributed by atoms with Gasteiger partial charge >= 0.3 is 0 Å². The highest BCUT2D eigenvalue weighted by atomic mass is 19.1. The number of halogens is 1. The summed E-state index contributed by atoms with van der Waals surface area (Å²) < 4.78 is 18.6. The van der Waals surface area contributed by atoms with Crippen LogP contribution in [-0.2, 0) is 0 Å². The first-order valence-corrected chi connectivity index (χ1v) is 5.79. The van der Waals surface area contributed by atoms with Crippen molar-refractivity contribution in [2.24, 2.45) is 0 Å². The Kier molecular flexibility index (Phi) is 3.96. The molecule has 0 heterocycles. The van der Waals surface area contributed by atoms with Crippen LogP contribution < -0.4 is 10.1 Å². The molecule has 0 spiro atoms. The molecule has 1 amide bonds. The van der Waals surface area contributed by atoms with Gasteiger partial charge in [0.15, 0.2) is 0 Å². The van der Waals surface area contributed by atoms with Gasteiger partial charge in [-0.1, -0.05) is 0 Å². The molecule has 4 nitrogen and oxygen atoms in total. The number of nitrogens with one attached hydrogen (secondary N) is 1. The lowest BCUT2D eigenvalue weighted by atomic mass is 10.2. The van der Waals surface area contributed by atoms with E-state index in [1.807, 2.05) is 6.07 Å². The van der Waals surface area contributed by atoms with Gasteiger partial charge < -0.3 is 10.1 Å². The van der Waals surface area contributed by atoms with Crippen LogP contribution in [-0.4, -0.2) is 13.0 Å². The third-order valence-corrected chi connectivity index (χ3v) is 2.70. The monoisotopic (exact) mass is 270 g/mol. The number of methoxy groups -OCH3 is 1. The molecule has 5 heteroatoms. The molecule has 1 N–H and O–H groups in total. The molecule has 0 aliphatic heterocycles. The van der Waals surface area contributed by atoms with Crippen LogP contribution >= 0.6 is 0 Å². The van der Waals surface area contributed by atoms with Gasteiger partial charge in [-0.25, -0.2) is 4.39 Å². The highest BCUT2D eigenvalue weighted by molar-refractivity contribution is 6.04. The maximum atomic E-state index is 13.6. The number of hydrogen-bond acceptors (Lipinski definition) is 3. The van der Waals surface area contributed by atoms with E-state index in [2.05, 4.69) is 5.32 Å². The van der Waals surface area contributed by atoms with E-state index in [-0.39, 0.29) is 11.3 Å². The molecule has 0 aliphatic rings. The van der Waals surface area contributed by atoms with E-state index in [9.17, 15) is 9.18 Å². The maximum absolute atomic E-state index is 13.6. The van der Waals surface area contributed by atoms with E-state index in [0.29, 0.717) is 11.3 Å². The van der Waals surface area contributed by atoms with Gasteiger partial charge in [-0.15, -0.1) is 0 Å². The Morgan fingerprint density at radius 3 is 2.50 bits per heavy atom. The molecular weight excluding hydrogens is 259 g/mol. The van der Waals surface area contributed by atoms with Gasteiger partial charge in [0.05, 0.1) is 24.4 Å². The Morgan fingerprint density at radius 1 is 1.25 bits per heavy atom. The van der Waals surface area contributed by atoms with Crippen LogP contribution in [0.15, 0.2) is 42.5 Å². The molecule has 0 saturated carbocycles. The molecule has 2 aromatic carbocycles. The van der Waals surface area contributed by atoms with Crippen molar-refractivity contribution >= 4 is 11.6 Å². The summed E-state index contributed by atoms with van der Waals surface area (Å²) in [5.41, 5.74) is 0.615. The number of nitrogens with zero attached hydrogens (tertiary/aromatic N) is 1. The van der Waals surface area contributed by atoms with Crippen LogP contribution in [0.2, 0.25) is 0 Å². The highest BCUT2D eigenvalue weighted by Gasteiger charge is 2.10. The van der Waals surface area contributed by atoms with Crippen LogP contribution in [0.4, 0.5) is 10.1 Å². The zero-order valence-electron chi connectivity index (χ0n) is 10.7. The van der Waals surface area contributed by atoms with Gasteiger partial charge in [-0.05, 0) is 42.5 Å². The van der Waals surface area contributed by atoms with E-state index < -0.39 is 11.7 Å². The van der Waals surface area contributed by atoms with Crippen LogP contribution in [0.5, 0.6) is 5.75 Å². The quantitative estimate of drug-likeness (QED) is 0.932. The summed E-state index contributed by atoms with van der Waals surface area (Å²) in [4.78, 5) is 11.9. The molecule has 0 radical (unpaired) electrons. The van der Waals surface area contributed by atoms with E-state index in [4.69, 9.17) is 10.00 Å². The summed E-state index contributed by atoms with van der Waals surface area (Å²) in [5.74, 6) is -0.451. The lowest BCUT2D eigenvalue weighted by Gasteiger charge is -2.07. The van der Waals surface area contributed by atoms with Crippen LogP contribution in [0.1, 0.15) is 15.9 Å². The largest absolute Gasteiger partial charge is 0.497 e. The van der Waals surface area contributed by atoms with Crippen molar-refractivity contribution < 1.29 is 13.9 Å². The van der Waals surface area contributed by atoms with E-state index >= 15 is 0 Å². The molecule has 0 unspecified atom stereocenters. The number of benzene rings is 2. The summed E-state index contributed by atoms with van der Waals surface area (Å²) in [5, 5.41) is 11.1. The first-order valence-electron chi connectivity index (χ1n) is 5.79. The van der Waals surface area contributed by atoms with Crippen molar-refractivity contribution in [3.63, 3.8) is 0 Å². The van der Waals surface area contributed by atoms with E-state index in [1.165, 1.54) is 19.2 Å². The fourth-order valence-electron chi connectivity index (χ4n) is 1.62. The SMILES string of the molecule is COc1ccc(C(=O)Nc2ccc(C#N)cc2F)cc1. The molecule has 0 fully saturated rings. The van der Waals surface area contributed by atoms with E-state index in [1.54, 1.807) is 24.3 Å². The lowest BCUT2D eigenvalue weighted by Crippen LogP contribution is -2.12. The van der Waals surface area contributed by atoms with Crippen molar-refractivity contribution in [2.45, 2.75) is 0 Å². The summed E-state index contributed by atoms with van der Waals surface area (Å²) >= 11 is 0. The van der Waals surface area contributed by atoms with Crippen LogP contribution in [0.3, 0.4) is 0 Å². The second-order valence-electron chi connectivity index (χ2n) is 3.99. The second-order valence-corrected chi connectivity index (χ2v) is 3.99. The van der Waals surface area contributed by atoms with Gasteiger partial charge in [-0.3, -0.25) is 4.79 Å². The average Bonchev–Trinajstić information content (AvgIpc) is 2.49. The first kappa shape index (κ1) is 13.6. The maximum Gasteiger partial charge on any atom is 0.255 e. The molecule has 100 valence electrons. The normalized spacial score (nSPS) is 9.65. The molecule has 0 atom stereocenters. The Bertz CT molecular complexity index is 675. The minimum Gasteiger partial charge on any atom is -0.497 e. The number of ether oxygens (including phenoxy) is 1. The van der Waals surface area contributed by atoms with Gasteiger partial charge in [0.2, 0.25) is 0 Å². The van der Waals surface area contributed by atoms with E-state index in [0.717, 1.165) is 6.07 Å². The zero-order valence-corrected chi connectivity index (χ0v) is 10.7. The molecule has 0 saturated heterocycles. The third kappa shape index (κ3) is 2.93. The van der Waals surface area contributed by atoms with Crippen LogP contribution in [0.25, 0.3) is 0 Å². The Hall–Kier alpha value is -2.87. The highest BCUT2D eigenvalue weighted by Crippen LogP contribution is 2.17. The molecule has 2 aromatic rings. The summed E-state index contributed by atoms with van der Waals surface area (Å²) in [6, 6.07) is 12.1. The Morgan fingerprint density at radius 2 is 1.95 bits per heavy atom. The van der Waals surface area contributed by atoms with Gasteiger partial charge in [-0.2, -0.15) is 5.26 Å². The summed E-state index contributed by atoms with van der Waals surface area (Å²) in [6.07, 6.45) is 0. The number of hydrogen-bond donors (Lipinski definition) is 1. The fraction of sp³-hybridized carbons (Fsp3) is 0.0667. The lowest BCUT2D eigenvalue weighted by molar-refractivity contribution is 0.102. The standard InChI is InChI=1S/C15H11FN2O2/c1-20-12-5-3-11(4-6-12)15(19)18-14-7-2-10(9-17)8-13(14)16/h2-8H,1H3,(H,18,19). The predicted molar refractivity (Wildman–Crippen MR) is 72.1 cm³/mol. The minimum atomic E-state index is -0.647. The number of carbonyl (C=O) groups is 1. The van der Waals surface area contributed by atoms with Crippen LogP contribution in [0, 0.1) is 17.1 Å². The van der Waals surface area contributed by atoms with Crippen molar-refractivity contribution in [3.8, 4) is 11.8 Å². The Balaban J connectivity index is 2.17. The molecule has 0 aliphatic carbocycles. The molecule has 20 heavy (non-hydrogen) atoms. The number of nitriles is 1. The second kappa shape index (κ2) is 5.85. The molecule has 0 bridgehead atoms. The van der Waals surface area contributed by atoms with Gasteiger partial charge in [0.1, 0.15) is 11.6 Å². The topological polar surface area (TPSA) is 62.1 Å². The van der Waals surface area contributed by atoms with Crippen molar-refractivity contribution in [1.29, 1.82) is 5.26 Å². The first-order chi connectivity index (χ1) is 9.63. The Labute approximate surface area is 115 Å². The molecular formula is C15H11FN2O2. The predicted octanol–water partition coefficient (Wildman–Crippen LogP) is 2.96. The number of amides is 1. The van der Waals surface area contributed by atoms with Crippen molar-refractivity contribution in [2.75, 3.05) is 12.4 Å². The van der Waals surface area contributed by atoms with Gasteiger partial charge in [0, 0.05) is 5.56 Å².